The SMILES string of the molecule is CCCCNC(=O)C(c1cccc(O)c1)N(CC#N)C(=O)C(CCSC)NC(=O)OC(C)(C)C. The average molecular weight is 493 g/mol. The molecule has 0 radical (unpaired) electrons. The molecule has 3 amide bonds. The van der Waals surface area contributed by atoms with Crippen LogP contribution in [0.15, 0.2) is 24.3 Å². The number of nitrogens with one attached hydrogen (secondary N) is 2. The molecule has 0 aliphatic rings. The van der Waals surface area contributed by atoms with E-state index in [1.165, 1.54) is 23.9 Å². The van der Waals surface area contributed by atoms with Crippen LogP contribution < -0.4 is 10.6 Å². The van der Waals surface area contributed by atoms with Gasteiger partial charge >= 0.3 is 6.09 Å². The highest BCUT2D eigenvalue weighted by atomic mass is 32.2. The molecule has 9 nitrogen and oxygen atoms in total. The summed E-state index contributed by atoms with van der Waals surface area (Å²) >= 11 is 1.50. The number of alkyl carbamates (subject to hydrolysis) is 1. The number of aromatic hydroxyl groups is 1. The minimum absolute atomic E-state index is 0.0703. The summed E-state index contributed by atoms with van der Waals surface area (Å²) in [4.78, 5) is 40.4. The highest BCUT2D eigenvalue weighted by Gasteiger charge is 2.36. The van der Waals surface area contributed by atoms with Crippen molar-refractivity contribution in [1.29, 1.82) is 5.26 Å². The topological polar surface area (TPSA) is 132 Å². The molecule has 0 bridgehead atoms. The quantitative estimate of drug-likeness (QED) is 0.301. The molecule has 1 aromatic carbocycles. The van der Waals surface area contributed by atoms with Gasteiger partial charge in [-0.2, -0.15) is 17.0 Å². The van der Waals surface area contributed by atoms with Crippen LogP contribution in [0, 0.1) is 11.3 Å². The zero-order valence-corrected chi connectivity index (χ0v) is 21.4. The molecule has 2 atom stereocenters. The van der Waals surface area contributed by atoms with Crippen molar-refractivity contribution >= 4 is 29.7 Å². The number of hydrogen-bond acceptors (Lipinski definition) is 7. The number of thioether (sulfide) groups is 1. The number of amides is 3. The summed E-state index contributed by atoms with van der Waals surface area (Å²) in [6, 6.07) is 5.81. The number of phenolic OH excluding ortho intramolecular Hbond substituents is 1. The lowest BCUT2D eigenvalue weighted by molar-refractivity contribution is -0.141. The van der Waals surface area contributed by atoms with E-state index < -0.39 is 35.6 Å². The smallest absolute Gasteiger partial charge is 0.408 e. The van der Waals surface area contributed by atoms with Gasteiger partial charge in [0.25, 0.3) is 0 Å². The van der Waals surface area contributed by atoms with Gasteiger partial charge in [-0.05, 0) is 63.3 Å². The molecule has 0 aliphatic carbocycles. The van der Waals surface area contributed by atoms with Crippen molar-refractivity contribution in [3.63, 3.8) is 0 Å². The van der Waals surface area contributed by atoms with E-state index >= 15 is 0 Å². The maximum absolute atomic E-state index is 13.6. The van der Waals surface area contributed by atoms with Gasteiger partial charge < -0.3 is 25.4 Å². The predicted octanol–water partition coefficient (Wildman–Crippen LogP) is 3.35. The van der Waals surface area contributed by atoms with Crippen LogP contribution in [0.1, 0.15) is 58.6 Å². The number of nitriles is 1. The molecule has 0 aromatic heterocycles. The van der Waals surface area contributed by atoms with Crippen LogP contribution in [-0.4, -0.2) is 64.7 Å². The molecule has 0 saturated carbocycles. The van der Waals surface area contributed by atoms with E-state index in [9.17, 15) is 24.8 Å². The summed E-state index contributed by atoms with van der Waals surface area (Å²) < 4.78 is 5.31. The third-order valence-corrected chi connectivity index (χ3v) is 5.34. The van der Waals surface area contributed by atoms with Crippen molar-refractivity contribution in [2.24, 2.45) is 0 Å². The number of rotatable bonds is 12. The number of phenols is 1. The summed E-state index contributed by atoms with van der Waals surface area (Å²) in [7, 11) is 0. The zero-order valence-electron chi connectivity index (χ0n) is 20.6. The first-order valence-electron chi connectivity index (χ1n) is 11.3. The fourth-order valence-corrected chi connectivity index (χ4v) is 3.64. The second-order valence-electron chi connectivity index (χ2n) is 8.75. The second kappa shape index (κ2) is 14.4. The molecule has 0 aliphatic heterocycles. The van der Waals surface area contributed by atoms with Crippen LogP contribution in [0.5, 0.6) is 5.75 Å². The number of hydrogen-bond donors (Lipinski definition) is 3. The van der Waals surface area contributed by atoms with Crippen molar-refractivity contribution in [1.82, 2.24) is 15.5 Å². The largest absolute Gasteiger partial charge is 0.508 e. The number of unbranched alkanes of at least 4 members (excludes halogenated alkanes) is 1. The van der Waals surface area contributed by atoms with E-state index in [1.54, 1.807) is 32.9 Å². The molecule has 1 aromatic rings. The van der Waals surface area contributed by atoms with E-state index in [0.29, 0.717) is 17.9 Å². The molecule has 3 N–H and O–H groups in total. The van der Waals surface area contributed by atoms with E-state index in [-0.39, 0.29) is 18.7 Å². The molecule has 0 spiro atoms. The molecule has 2 unspecified atom stereocenters. The lowest BCUT2D eigenvalue weighted by Gasteiger charge is -2.33. The molecule has 0 fully saturated rings. The minimum atomic E-state index is -1.16. The van der Waals surface area contributed by atoms with Crippen molar-refractivity contribution in [2.45, 2.75) is 64.6 Å². The Morgan fingerprint density at radius 3 is 2.56 bits per heavy atom. The fraction of sp³-hybridized carbons (Fsp3) is 0.583. The molecular weight excluding hydrogens is 456 g/mol. The third-order valence-electron chi connectivity index (χ3n) is 4.70. The van der Waals surface area contributed by atoms with Gasteiger partial charge in [0.2, 0.25) is 11.8 Å². The first-order valence-corrected chi connectivity index (χ1v) is 12.7. The Bertz CT molecular complexity index is 866. The summed E-state index contributed by atoms with van der Waals surface area (Å²) in [5.74, 6) is -0.561. The molecule has 0 heterocycles. The minimum Gasteiger partial charge on any atom is -0.508 e. The van der Waals surface area contributed by atoms with E-state index in [0.717, 1.165) is 17.7 Å². The van der Waals surface area contributed by atoms with Crippen LogP contribution in [0.2, 0.25) is 0 Å². The third kappa shape index (κ3) is 9.91. The Hall–Kier alpha value is -2.93. The van der Waals surface area contributed by atoms with Gasteiger partial charge in [-0.25, -0.2) is 4.79 Å². The Kier molecular flexibility index (Phi) is 12.3. The number of benzene rings is 1. The maximum Gasteiger partial charge on any atom is 0.408 e. The first-order chi connectivity index (χ1) is 16.0. The maximum atomic E-state index is 13.6. The van der Waals surface area contributed by atoms with Gasteiger partial charge in [-0.1, -0.05) is 25.5 Å². The second-order valence-corrected chi connectivity index (χ2v) is 9.73. The average Bonchev–Trinajstić information content (AvgIpc) is 2.75. The van der Waals surface area contributed by atoms with Crippen molar-refractivity contribution in [3.8, 4) is 11.8 Å². The summed E-state index contributed by atoms with van der Waals surface area (Å²) in [5, 5.41) is 24.9. The van der Waals surface area contributed by atoms with Gasteiger partial charge in [0.1, 0.15) is 30.0 Å². The van der Waals surface area contributed by atoms with Crippen LogP contribution in [0.3, 0.4) is 0 Å². The number of carbonyl (C=O) groups excluding carboxylic acids is 3. The summed E-state index contributed by atoms with van der Waals surface area (Å²) in [6.45, 7) is 7.16. The van der Waals surface area contributed by atoms with Crippen LogP contribution in [0.4, 0.5) is 4.79 Å². The summed E-state index contributed by atoms with van der Waals surface area (Å²) in [6.07, 6.45) is 3.02. The highest BCUT2D eigenvalue weighted by Crippen LogP contribution is 2.26. The molecule has 1 rings (SSSR count). The lowest BCUT2D eigenvalue weighted by atomic mass is 10.0. The number of nitrogens with zero attached hydrogens (tertiary/aromatic N) is 2. The molecule has 0 saturated heterocycles. The van der Waals surface area contributed by atoms with Crippen molar-refractivity contribution in [3.05, 3.63) is 29.8 Å². The Morgan fingerprint density at radius 1 is 1.29 bits per heavy atom. The van der Waals surface area contributed by atoms with Gasteiger partial charge in [0.15, 0.2) is 0 Å². The Labute approximate surface area is 206 Å². The van der Waals surface area contributed by atoms with Crippen LogP contribution in [-0.2, 0) is 14.3 Å². The van der Waals surface area contributed by atoms with Gasteiger partial charge in [0.05, 0.1) is 6.07 Å². The zero-order chi connectivity index (χ0) is 25.7. The number of ether oxygens (including phenoxy) is 1. The lowest BCUT2D eigenvalue weighted by Crippen LogP contribution is -2.53. The van der Waals surface area contributed by atoms with Gasteiger partial charge in [0, 0.05) is 6.54 Å². The Morgan fingerprint density at radius 2 is 2.00 bits per heavy atom. The molecule has 34 heavy (non-hydrogen) atoms. The predicted molar refractivity (Wildman–Crippen MR) is 132 cm³/mol. The molecule has 188 valence electrons. The molecule has 10 heteroatoms. The van der Waals surface area contributed by atoms with Gasteiger partial charge in [-0.15, -0.1) is 0 Å². The van der Waals surface area contributed by atoms with E-state index in [1.807, 2.05) is 19.2 Å². The van der Waals surface area contributed by atoms with Crippen LogP contribution >= 0.6 is 11.8 Å². The normalized spacial score (nSPS) is 12.7. The fourth-order valence-electron chi connectivity index (χ4n) is 3.17. The van der Waals surface area contributed by atoms with Crippen molar-refractivity contribution in [2.75, 3.05) is 25.1 Å². The van der Waals surface area contributed by atoms with E-state index in [2.05, 4.69) is 10.6 Å². The van der Waals surface area contributed by atoms with Crippen LogP contribution in [0.25, 0.3) is 0 Å². The van der Waals surface area contributed by atoms with Gasteiger partial charge in [-0.3, -0.25) is 9.59 Å². The Balaban J connectivity index is 3.35. The van der Waals surface area contributed by atoms with Crippen molar-refractivity contribution < 1.29 is 24.2 Å². The highest BCUT2D eigenvalue weighted by molar-refractivity contribution is 7.98. The standard InChI is InChI=1S/C24H36N4O5S/c1-6-7-13-26-21(30)20(17-9-8-10-18(29)16-17)28(14-12-25)22(31)19(11-15-34-5)27-23(32)33-24(2,3)4/h8-10,16,19-20,29H,6-7,11,13-15H2,1-5H3,(H,26,30)(H,27,32). The summed E-state index contributed by atoms with van der Waals surface area (Å²) in [5.41, 5.74) is -0.397. The number of carbonyl (C=O) groups is 3. The monoisotopic (exact) mass is 492 g/mol. The van der Waals surface area contributed by atoms with E-state index in [4.69, 9.17) is 4.74 Å². The molecular formula is C24H36N4O5S. The first kappa shape index (κ1) is 29.1.